The summed E-state index contributed by atoms with van der Waals surface area (Å²) in [7, 11) is 0. The molecule has 0 saturated carbocycles. The van der Waals surface area contributed by atoms with Gasteiger partial charge in [0, 0.05) is 6.42 Å². The number of carboxylic acid groups (broad SMARTS) is 1. The van der Waals surface area contributed by atoms with Crippen LogP contribution < -0.4 is 43.0 Å². The van der Waals surface area contributed by atoms with E-state index in [1.165, 1.54) is 0 Å². The van der Waals surface area contributed by atoms with E-state index < -0.39 is 132 Å². The van der Waals surface area contributed by atoms with Crippen LogP contribution in [0, 0.1) is 35.5 Å². The topological polar surface area (TPSA) is 310 Å². The molecule has 8 amide bonds. The fourth-order valence-corrected chi connectivity index (χ4v) is 8.16. The van der Waals surface area contributed by atoms with Crippen LogP contribution in [-0.4, -0.2) is 113 Å². The minimum atomic E-state index is -1.72. The third-order valence-electron chi connectivity index (χ3n) is 12.7. The SMILES string of the molecule is CCC(C)CCCCCCC1CC(=O)N[C@@H](CCC(N)=O)C(=O)N[C@@H](CC(C)C)C(=O)N[C@@H](CC(C)C)C(=O)N[C@@H](C(C)C)C(=O)N[C@@H](CC(=O)O)C(=O)N[C@@H](CC(C)C)C(=O)N[C@@H]([C@@H](C)CC)C(=O)O1. The molecule has 0 spiro atoms. The Morgan fingerprint density at radius 1 is 0.563 bits per heavy atom. The number of unbranched alkanes of at least 4 members (excludes halogenated alkanes) is 3. The maximum Gasteiger partial charge on any atom is 0.329 e. The van der Waals surface area contributed by atoms with Crippen LogP contribution in [0.1, 0.15) is 179 Å². The Balaban J connectivity index is 4.02. The number of hydrogen-bond acceptors (Lipinski definition) is 11. The standard InChI is InChI=1S/C51H90N8O12/c1-13-32(11)19-17-15-16-18-20-34-26-41(61)53-35(21-22-40(52)60)45(64)54-36(23-28(3)4)46(65)55-37(24-29(5)6)48(67)58-43(31(9)10)50(69)57-39(27-42(62)63)47(66)56-38(25-30(7)8)49(68)59-44(33(12)14-2)51(70)71-34/h28-39,43-44H,13-27H2,1-12H3,(H2,52,60)(H,53,61)(H,54,64)(H,55,65)(H,56,66)(H,57,69)(H,58,67)(H,59,68)(H,62,63)/t32?,33-,34?,35-,36-,37-,38-,39-,43-,44-/m0/s1. The van der Waals surface area contributed by atoms with E-state index in [9.17, 15) is 53.1 Å². The largest absolute Gasteiger partial charge is 0.481 e. The smallest absolute Gasteiger partial charge is 0.329 e. The van der Waals surface area contributed by atoms with Crippen LogP contribution in [0.5, 0.6) is 0 Å². The second-order valence-corrected chi connectivity index (χ2v) is 21.2. The molecule has 10 N–H and O–H groups in total. The Morgan fingerprint density at radius 3 is 1.46 bits per heavy atom. The third-order valence-corrected chi connectivity index (χ3v) is 12.7. The first-order chi connectivity index (χ1) is 33.2. The van der Waals surface area contributed by atoms with Crippen LogP contribution >= 0.6 is 0 Å². The number of rotatable bonds is 22. The molecule has 10 atom stereocenters. The number of aliphatic carboxylic acids is 1. The van der Waals surface area contributed by atoms with Gasteiger partial charge in [-0.3, -0.25) is 43.2 Å². The van der Waals surface area contributed by atoms with Gasteiger partial charge in [0.1, 0.15) is 48.4 Å². The Labute approximate surface area is 422 Å². The van der Waals surface area contributed by atoms with E-state index in [0.717, 1.165) is 32.1 Å². The zero-order valence-electron chi connectivity index (χ0n) is 44.7. The molecule has 0 aromatic carbocycles. The van der Waals surface area contributed by atoms with Gasteiger partial charge in [-0.25, -0.2) is 4.79 Å². The van der Waals surface area contributed by atoms with Crippen molar-refractivity contribution >= 4 is 59.2 Å². The number of amides is 8. The van der Waals surface area contributed by atoms with Crippen LogP contribution in [0.3, 0.4) is 0 Å². The van der Waals surface area contributed by atoms with Gasteiger partial charge in [-0.1, -0.05) is 122 Å². The van der Waals surface area contributed by atoms with Crippen LogP contribution in [-0.2, 0) is 52.7 Å². The molecule has 0 aromatic heterocycles. The van der Waals surface area contributed by atoms with Crippen molar-refractivity contribution in [3.63, 3.8) is 0 Å². The fourth-order valence-electron chi connectivity index (χ4n) is 8.16. The molecular formula is C51H90N8O12. The highest BCUT2D eigenvalue weighted by molar-refractivity contribution is 5.98. The monoisotopic (exact) mass is 1010 g/mol. The van der Waals surface area contributed by atoms with Gasteiger partial charge in [-0.15, -0.1) is 0 Å². The number of cyclic esters (lactones) is 1. The van der Waals surface area contributed by atoms with Crippen molar-refractivity contribution in [3.05, 3.63) is 0 Å². The summed E-state index contributed by atoms with van der Waals surface area (Å²) in [4.78, 5) is 137. The molecular weight excluding hydrogens is 917 g/mol. The molecule has 1 aliphatic rings. The summed E-state index contributed by atoms with van der Waals surface area (Å²) in [6.45, 7) is 21.9. The van der Waals surface area contributed by atoms with E-state index in [-0.39, 0.29) is 56.3 Å². The lowest BCUT2D eigenvalue weighted by atomic mass is 9.96. The molecule has 71 heavy (non-hydrogen) atoms. The molecule has 20 heteroatoms. The summed E-state index contributed by atoms with van der Waals surface area (Å²) in [6, 6.07) is -9.49. The Kier molecular flexibility index (Phi) is 29.3. The highest BCUT2D eigenvalue weighted by Gasteiger charge is 2.38. The van der Waals surface area contributed by atoms with Gasteiger partial charge in [0.2, 0.25) is 47.3 Å². The molecule has 1 fully saturated rings. The number of carbonyl (C=O) groups excluding carboxylic acids is 9. The van der Waals surface area contributed by atoms with E-state index in [1.54, 1.807) is 41.5 Å². The first kappa shape index (κ1) is 63.7. The first-order valence-electron chi connectivity index (χ1n) is 26.0. The molecule has 406 valence electrons. The molecule has 0 aromatic rings. The lowest BCUT2D eigenvalue weighted by molar-refractivity contribution is -0.156. The highest BCUT2D eigenvalue weighted by Crippen LogP contribution is 2.20. The van der Waals surface area contributed by atoms with Gasteiger partial charge in [0.25, 0.3) is 0 Å². The van der Waals surface area contributed by atoms with Crippen molar-refractivity contribution in [2.75, 3.05) is 0 Å². The van der Waals surface area contributed by atoms with Crippen molar-refractivity contribution in [3.8, 4) is 0 Å². The summed E-state index contributed by atoms with van der Waals surface area (Å²) < 4.78 is 6.06. The zero-order chi connectivity index (χ0) is 54.1. The number of nitrogens with two attached hydrogens (primary N) is 1. The molecule has 0 aliphatic carbocycles. The van der Waals surface area contributed by atoms with Gasteiger partial charge >= 0.3 is 11.9 Å². The van der Waals surface area contributed by atoms with Gasteiger partial charge in [0.15, 0.2) is 0 Å². The van der Waals surface area contributed by atoms with E-state index in [1.807, 2.05) is 27.7 Å². The van der Waals surface area contributed by atoms with Crippen molar-refractivity contribution in [1.29, 1.82) is 0 Å². The molecule has 1 heterocycles. The Hall–Kier alpha value is -5.30. The van der Waals surface area contributed by atoms with Gasteiger partial charge in [-0.05, 0) is 74.0 Å². The summed E-state index contributed by atoms with van der Waals surface area (Å²) in [5, 5.41) is 28.4. The normalized spacial score (nSPS) is 25.1. The van der Waals surface area contributed by atoms with Gasteiger partial charge in [0.05, 0.1) is 12.8 Å². The third kappa shape index (κ3) is 25.1. The number of nitrogens with one attached hydrogen (secondary N) is 7. The maximum atomic E-state index is 14.2. The number of hydrogen-bond donors (Lipinski definition) is 9. The first-order valence-corrected chi connectivity index (χ1v) is 26.0. The maximum absolute atomic E-state index is 14.2. The van der Waals surface area contributed by atoms with Crippen molar-refractivity contribution in [2.45, 2.75) is 228 Å². The number of carbonyl (C=O) groups is 10. The average Bonchev–Trinajstić information content (AvgIpc) is 3.26. The number of carboxylic acids is 1. The van der Waals surface area contributed by atoms with E-state index >= 15 is 0 Å². The minimum absolute atomic E-state index is 0.0452. The van der Waals surface area contributed by atoms with E-state index in [4.69, 9.17) is 10.5 Å². The fraction of sp³-hybridized carbons (Fsp3) is 0.804. The van der Waals surface area contributed by atoms with E-state index in [2.05, 4.69) is 51.1 Å². The highest BCUT2D eigenvalue weighted by atomic mass is 16.5. The number of ether oxygens (including phenoxy) is 1. The molecule has 1 rings (SSSR count). The average molecular weight is 1010 g/mol. The predicted octanol–water partition coefficient (Wildman–Crippen LogP) is 3.66. The van der Waals surface area contributed by atoms with Crippen LogP contribution in [0.2, 0.25) is 0 Å². The van der Waals surface area contributed by atoms with Crippen molar-refractivity contribution in [1.82, 2.24) is 37.2 Å². The summed E-state index contributed by atoms with van der Waals surface area (Å²) in [5.41, 5.74) is 5.48. The minimum Gasteiger partial charge on any atom is -0.481 e. The van der Waals surface area contributed by atoms with Crippen molar-refractivity contribution < 1.29 is 57.8 Å². The Morgan fingerprint density at radius 2 is 1.01 bits per heavy atom. The van der Waals surface area contributed by atoms with Gasteiger partial charge < -0.3 is 52.8 Å². The summed E-state index contributed by atoms with van der Waals surface area (Å²) in [5.74, 6) is -9.84. The van der Waals surface area contributed by atoms with Crippen LogP contribution in [0.25, 0.3) is 0 Å². The van der Waals surface area contributed by atoms with Gasteiger partial charge in [-0.2, -0.15) is 0 Å². The zero-order valence-corrected chi connectivity index (χ0v) is 44.7. The van der Waals surface area contributed by atoms with Crippen molar-refractivity contribution in [2.24, 2.45) is 41.2 Å². The van der Waals surface area contributed by atoms with E-state index in [0.29, 0.717) is 18.8 Å². The van der Waals surface area contributed by atoms with Crippen LogP contribution in [0.4, 0.5) is 0 Å². The molecule has 1 saturated heterocycles. The van der Waals surface area contributed by atoms with Crippen LogP contribution in [0.15, 0.2) is 0 Å². The summed E-state index contributed by atoms with van der Waals surface area (Å²) >= 11 is 0. The molecule has 1 aliphatic heterocycles. The molecule has 2 unspecified atom stereocenters. The summed E-state index contributed by atoms with van der Waals surface area (Å²) in [6.07, 6.45) is 3.40. The lowest BCUT2D eigenvalue weighted by Gasteiger charge is -2.30. The molecule has 0 radical (unpaired) electrons. The second kappa shape index (κ2) is 32.6. The second-order valence-electron chi connectivity index (χ2n) is 21.2. The number of primary amides is 1. The molecule has 0 bridgehead atoms. The predicted molar refractivity (Wildman–Crippen MR) is 269 cm³/mol. The molecule has 20 nitrogen and oxygen atoms in total. The number of esters is 1. The lowest BCUT2D eigenvalue weighted by Crippen LogP contribution is -2.61. The quantitative estimate of drug-likeness (QED) is 0.0555. The Bertz CT molecular complexity index is 1770.